The third kappa shape index (κ3) is 1.52. The molecule has 0 saturated heterocycles. The average molecular weight is 189 g/mol. The Morgan fingerprint density at radius 3 is 2.71 bits per heavy atom. The van der Waals surface area contributed by atoms with Crippen LogP contribution in [-0.2, 0) is 0 Å². The van der Waals surface area contributed by atoms with Gasteiger partial charge in [0.15, 0.2) is 0 Å². The molecule has 0 spiro atoms. The highest BCUT2D eigenvalue weighted by molar-refractivity contribution is 5.40. The Morgan fingerprint density at radius 2 is 2.21 bits per heavy atom. The molecule has 0 bridgehead atoms. The molecule has 0 saturated carbocycles. The van der Waals surface area contributed by atoms with E-state index >= 15 is 0 Å². The SMILES string of the molecule is CNc1ccc(-n2ccc(N)n2)cn1. The Bertz CT molecular complexity index is 417. The van der Waals surface area contributed by atoms with E-state index < -0.39 is 0 Å². The number of nitrogens with two attached hydrogens (primary N) is 1. The van der Waals surface area contributed by atoms with E-state index in [1.54, 1.807) is 23.1 Å². The lowest BCUT2D eigenvalue weighted by Gasteiger charge is -2.02. The number of rotatable bonds is 2. The van der Waals surface area contributed by atoms with Gasteiger partial charge >= 0.3 is 0 Å². The van der Waals surface area contributed by atoms with Crippen LogP contribution in [0.4, 0.5) is 11.6 Å². The summed E-state index contributed by atoms with van der Waals surface area (Å²) in [5.41, 5.74) is 6.40. The lowest BCUT2D eigenvalue weighted by molar-refractivity contribution is 0.879. The van der Waals surface area contributed by atoms with Gasteiger partial charge in [-0.15, -0.1) is 0 Å². The van der Waals surface area contributed by atoms with Gasteiger partial charge in [-0.3, -0.25) is 0 Å². The molecule has 5 heteroatoms. The maximum absolute atomic E-state index is 5.51. The van der Waals surface area contributed by atoms with E-state index in [1.807, 2.05) is 19.2 Å². The number of pyridine rings is 1. The summed E-state index contributed by atoms with van der Waals surface area (Å²) in [5, 5.41) is 7.02. The van der Waals surface area contributed by atoms with Gasteiger partial charge in [-0.05, 0) is 12.1 Å². The molecule has 0 aliphatic heterocycles. The van der Waals surface area contributed by atoms with Crippen molar-refractivity contribution in [3.63, 3.8) is 0 Å². The zero-order valence-corrected chi connectivity index (χ0v) is 7.81. The van der Waals surface area contributed by atoms with Gasteiger partial charge in [-0.2, -0.15) is 5.10 Å². The van der Waals surface area contributed by atoms with E-state index in [0.29, 0.717) is 5.82 Å². The standard InChI is InChI=1S/C9H11N5/c1-11-9-3-2-7(6-12-9)14-5-4-8(10)13-14/h2-6H,1H3,(H2,10,13)(H,11,12). The van der Waals surface area contributed by atoms with Crippen molar-refractivity contribution in [2.45, 2.75) is 0 Å². The van der Waals surface area contributed by atoms with Gasteiger partial charge < -0.3 is 11.1 Å². The van der Waals surface area contributed by atoms with Gasteiger partial charge in [0.25, 0.3) is 0 Å². The molecule has 0 aliphatic carbocycles. The fourth-order valence-electron chi connectivity index (χ4n) is 1.15. The third-order valence-corrected chi connectivity index (χ3v) is 1.88. The van der Waals surface area contributed by atoms with Crippen LogP contribution in [0.5, 0.6) is 0 Å². The van der Waals surface area contributed by atoms with Crippen molar-refractivity contribution < 1.29 is 0 Å². The third-order valence-electron chi connectivity index (χ3n) is 1.88. The number of anilines is 2. The Morgan fingerprint density at radius 1 is 1.36 bits per heavy atom. The minimum absolute atomic E-state index is 0.502. The molecular formula is C9H11N5. The first-order chi connectivity index (χ1) is 6.79. The topological polar surface area (TPSA) is 68.8 Å². The molecule has 0 aliphatic rings. The summed E-state index contributed by atoms with van der Waals surface area (Å²) in [6.45, 7) is 0. The fraction of sp³-hybridized carbons (Fsp3) is 0.111. The van der Waals surface area contributed by atoms with Gasteiger partial charge in [0.05, 0.1) is 11.9 Å². The number of nitrogens with zero attached hydrogens (tertiary/aromatic N) is 3. The summed E-state index contributed by atoms with van der Waals surface area (Å²) in [6.07, 6.45) is 3.53. The highest BCUT2D eigenvalue weighted by Gasteiger charge is 1.98. The normalized spacial score (nSPS) is 10.1. The summed E-state index contributed by atoms with van der Waals surface area (Å²) in [7, 11) is 1.83. The lowest BCUT2D eigenvalue weighted by Crippen LogP contribution is -1.98. The minimum atomic E-state index is 0.502. The molecular weight excluding hydrogens is 178 g/mol. The molecule has 2 aromatic rings. The number of hydrogen-bond donors (Lipinski definition) is 2. The van der Waals surface area contributed by atoms with Crippen LogP contribution in [0.1, 0.15) is 0 Å². The molecule has 72 valence electrons. The Balaban J connectivity index is 2.33. The minimum Gasteiger partial charge on any atom is -0.382 e. The Kier molecular flexibility index (Phi) is 2.06. The van der Waals surface area contributed by atoms with Crippen LogP contribution in [0, 0.1) is 0 Å². The van der Waals surface area contributed by atoms with Crippen molar-refractivity contribution in [3.05, 3.63) is 30.6 Å². The number of nitrogens with one attached hydrogen (secondary N) is 1. The van der Waals surface area contributed by atoms with E-state index in [-0.39, 0.29) is 0 Å². The second-order valence-electron chi connectivity index (χ2n) is 2.84. The van der Waals surface area contributed by atoms with Crippen LogP contribution in [-0.4, -0.2) is 21.8 Å². The van der Waals surface area contributed by atoms with Crippen LogP contribution in [0.25, 0.3) is 5.69 Å². The summed E-state index contributed by atoms with van der Waals surface area (Å²) in [5.74, 6) is 1.33. The van der Waals surface area contributed by atoms with E-state index in [1.165, 1.54) is 0 Å². The summed E-state index contributed by atoms with van der Waals surface area (Å²) >= 11 is 0. The first-order valence-electron chi connectivity index (χ1n) is 4.25. The van der Waals surface area contributed by atoms with Gasteiger partial charge in [0.1, 0.15) is 11.6 Å². The van der Waals surface area contributed by atoms with Gasteiger partial charge in [-0.25, -0.2) is 9.67 Å². The van der Waals surface area contributed by atoms with E-state index in [0.717, 1.165) is 11.5 Å². The second-order valence-corrected chi connectivity index (χ2v) is 2.84. The summed E-state index contributed by atoms with van der Waals surface area (Å²) < 4.78 is 1.68. The predicted molar refractivity (Wildman–Crippen MR) is 55.3 cm³/mol. The van der Waals surface area contributed by atoms with Crippen molar-refractivity contribution in [2.24, 2.45) is 0 Å². The zero-order chi connectivity index (χ0) is 9.97. The Labute approximate surface area is 81.6 Å². The Hall–Kier alpha value is -2.04. The molecule has 2 rings (SSSR count). The largest absolute Gasteiger partial charge is 0.382 e. The molecule has 0 aromatic carbocycles. The van der Waals surface area contributed by atoms with Crippen molar-refractivity contribution in [3.8, 4) is 5.69 Å². The molecule has 2 heterocycles. The molecule has 0 amide bonds. The van der Waals surface area contributed by atoms with Crippen LogP contribution in [0.15, 0.2) is 30.6 Å². The summed E-state index contributed by atoms with van der Waals surface area (Å²) in [4.78, 5) is 4.17. The second kappa shape index (κ2) is 3.37. The van der Waals surface area contributed by atoms with Crippen LogP contribution in [0.3, 0.4) is 0 Å². The highest BCUT2D eigenvalue weighted by Crippen LogP contribution is 2.09. The molecule has 14 heavy (non-hydrogen) atoms. The molecule has 5 nitrogen and oxygen atoms in total. The first kappa shape index (κ1) is 8.55. The summed E-state index contributed by atoms with van der Waals surface area (Å²) in [6, 6.07) is 5.55. The fourth-order valence-corrected chi connectivity index (χ4v) is 1.15. The van der Waals surface area contributed by atoms with Gasteiger partial charge in [-0.1, -0.05) is 0 Å². The molecule has 0 radical (unpaired) electrons. The van der Waals surface area contributed by atoms with Crippen molar-refractivity contribution in [1.82, 2.24) is 14.8 Å². The molecule has 0 unspecified atom stereocenters. The predicted octanol–water partition coefficient (Wildman–Crippen LogP) is 0.891. The smallest absolute Gasteiger partial charge is 0.145 e. The monoisotopic (exact) mass is 189 g/mol. The first-order valence-corrected chi connectivity index (χ1v) is 4.25. The number of aromatic nitrogens is 3. The van der Waals surface area contributed by atoms with E-state index in [4.69, 9.17) is 5.73 Å². The quantitative estimate of drug-likeness (QED) is 0.736. The maximum Gasteiger partial charge on any atom is 0.145 e. The lowest BCUT2D eigenvalue weighted by atomic mass is 10.4. The molecule has 0 fully saturated rings. The zero-order valence-electron chi connectivity index (χ0n) is 7.81. The van der Waals surface area contributed by atoms with Gasteiger partial charge in [0, 0.05) is 19.3 Å². The number of hydrogen-bond acceptors (Lipinski definition) is 4. The van der Waals surface area contributed by atoms with Crippen molar-refractivity contribution in [1.29, 1.82) is 0 Å². The van der Waals surface area contributed by atoms with E-state index in [2.05, 4.69) is 15.4 Å². The van der Waals surface area contributed by atoms with Crippen LogP contribution in [0.2, 0.25) is 0 Å². The maximum atomic E-state index is 5.51. The molecule has 0 atom stereocenters. The van der Waals surface area contributed by atoms with Crippen molar-refractivity contribution >= 4 is 11.6 Å². The number of nitrogen functional groups attached to an aromatic ring is 1. The van der Waals surface area contributed by atoms with Crippen molar-refractivity contribution in [2.75, 3.05) is 18.1 Å². The molecule has 3 N–H and O–H groups in total. The van der Waals surface area contributed by atoms with Crippen LogP contribution < -0.4 is 11.1 Å². The van der Waals surface area contributed by atoms with E-state index in [9.17, 15) is 0 Å². The van der Waals surface area contributed by atoms with Gasteiger partial charge in [0.2, 0.25) is 0 Å². The van der Waals surface area contributed by atoms with Crippen LogP contribution >= 0.6 is 0 Å². The molecule has 2 aromatic heterocycles. The average Bonchev–Trinajstić information content (AvgIpc) is 2.65. The highest BCUT2D eigenvalue weighted by atomic mass is 15.3.